The predicted molar refractivity (Wildman–Crippen MR) is 118 cm³/mol. The largest absolute Gasteiger partial charge is 0.370 e. The number of carbonyl (C=O) groups is 1. The first-order valence-electron chi connectivity index (χ1n) is 10.2. The fourth-order valence-electron chi connectivity index (χ4n) is 3.66. The Balaban J connectivity index is 1.62. The molecule has 1 atom stereocenters. The molecule has 4 rings (SSSR count). The first-order chi connectivity index (χ1) is 15.3. The predicted octanol–water partition coefficient (Wildman–Crippen LogP) is 2.26. The molecular formula is C23H24FN5O3. The highest BCUT2D eigenvalue weighted by molar-refractivity contribution is 5.93. The van der Waals surface area contributed by atoms with Crippen LogP contribution in [0.5, 0.6) is 0 Å². The van der Waals surface area contributed by atoms with Crippen molar-refractivity contribution in [1.82, 2.24) is 19.4 Å². The standard InChI is InChI=1S/C23H24FN5O3/c1-27(2)22(31)16-6-4-15(5-7-16)20-14-29(10-11-32-20)23-26-19(12-21(30)28(23)3)17-8-9-25-13-18(17)24/h4-9,12-13,20H,10-11,14H2,1-3H3/t20-/m1/s1. The molecule has 166 valence electrons. The Morgan fingerprint density at radius 1 is 1.22 bits per heavy atom. The van der Waals surface area contributed by atoms with E-state index in [1.165, 1.54) is 27.8 Å². The van der Waals surface area contributed by atoms with E-state index < -0.39 is 5.82 Å². The summed E-state index contributed by atoms with van der Waals surface area (Å²) >= 11 is 0. The number of rotatable bonds is 4. The van der Waals surface area contributed by atoms with E-state index in [0.717, 1.165) is 11.8 Å². The first-order valence-corrected chi connectivity index (χ1v) is 10.2. The Hall–Kier alpha value is -3.59. The van der Waals surface area contributed by atoms with Crippen LogP contribution in [-0.2, 0) is 11.8 Å². The van der Waals surface area contributed by atoms with Gasteiger partial charge < -0.3 is 14.5 Å². The van der Waals surface area contributed by atoms with Crippen molar-refractivity contribution in [2.45, 2.75) is 6.10 Å². The summed E-state index contributed by atoms with van der Waals surface area (Å²) in [5.74, 6) is -0.162. The summed E-state index contributed by atoms with van der Waals surface area (Å²) in [6.45, 7) is 1.44. The minimum atomic E-state index is -0.536. The van der Waals surface area contributed by atoms with E-state index in [1.807, 2.05) is 17.0 Å². The highest BCUT2D eigenvalue weighted by Gasteiger charge is 2.25. The van der Waals surface area contributed by atoms with Crippen LogP contribution in [0.4, 0.5) is 10.3 Å². The molecule has 1 amide bonds. The topological polar surface area (TPSA) is 80.6 Å². The Morgan fingerprint density at radius 2 is 1.97 bits per heavy atom. The number of morpholine rings is 1. The van der Waals surface area contributed by atoms with Crippen LogP contribution >= 0.6 is 0 Å². The van der Waals surface area contributed by atoms with E-state index in [1.54, 1.807) is 33.3 Å². The Labute approximate surface area is 184 Å². The Bertz CT molecular complexity index is 1190. The molecule has 0 radical (unpaired) electrons. The molecule has 3 aromatic rings. The second-order valence-electron chi connectivity index (χ2n) is 7.82. The lowest BCUT2D eigenvalue weighted by Gasteiger charge is -2.34. The van der Waals surface area contributed by atoms with Crippen molar-refractivity contribution < 1.29 is 13.9 Å². The fraction of sp³-hybridized carbons (Fsp3) is 0.304. The lowest BCUT2D eigenvalue weighted by atomic mass is 10.0. The molecule has 1 aliphatic rings. The van der Waals surface area contributed by atoms with Gasteiger partial charge in [0.05, 0.1) is 25.0 Å². The molecular weight excluding hydrogens is 413 g/mol. The number of nitrogens with zero attached hydrogens (tertiary/aromatic N) is 5. The number of anilines is 1. The first kappa shape index (κ1) is 21.6. The van der Waals surface area contributed by atoms with Crippen LogP contribution in [0.2, 0.25) is 0 Å². The number of hydrogen-bond acceptors (Lipinski definition) is 6. The third-order valence-corrected chi connectivity index (χ3v) is 5.44. The zero-order valence-electron chi connectivity index (χ0n) is 18.2. The van der Waals surface area contributed by atoms with Crippen LogP contribution in [0.3, 0.4) is 0 Å². The smallest absolute Gasteiger partial charge is 0.255 e. The second-order valence-corrected chi connectivity index (χ2v) is 7.82. The van der Waals surface area contributed by atoms with Crippen LogP contribution < -0.4 is 10.5 Å². The molecule has 0 aliphatic carbocycles. The third-order valence-electron chi connectivity index (χ3n) is 5.44. The summed E-state index contributed by atoms with van der Waals surface area (Å²) in [6, 6.07) is 10.1. The van der Waals surface area contributed by atoms with Crippen molar-refractivity contribution in [3.8, 4) is 11.3 Å². The minimum Gasteiger partial charge on any atom is -0.370 e. The molecule has 0 N–H and O–H groups in total. The van der Waals surface area contributed by atoms with Gasteiger partial charge in [0.25, 0.3) is 11.5 Å². The van der Waals surface area contributed by atoms with Gasteiger partial charge in [0.2, 0.25) is 5.95 Å². The minimum absolute atomic E-state index is 0.0675. The summed E-state index contributed by atoms with van der Waals surface area (Å²) in [5.41, 5.74) is 1.73. The Morgan fingerprint density at radius 3 is 2.66 bits per heavy atom. The number of hydrogen-bond donors (Lipinski definition) is 0. The molecule has 0 bridgehead atoms. The van der Waals surface area contributed by atoms with Crippen molar-refractivity contribution in [3.05, 3.63) is 76.1 Å². The number of amides is 1. The number of benzene rings is 1. The van der Waals surface area contributed by atoms with E-state index in [9.17, 15) is 14.0 Å². The van der Waals surface area contributed by atoms with Gasteiger partial charge in [-0.05, 0) is 23.8 Å². The molecule has 9 heteroatoms. The van der Waals surface area contributed by atoms with Crippen molar-refractivity contribution >= 4 is 11.9 Å². The van der Waals surface area contributed by atoms with Gasteiger partial charge in [-0.1, -0.05) is 12.1 Å². The van der Waals surface area contributed by atoms with E-state index in [0.29, 0.717) is 31.2 Å². The number of halogens is 1. The SMILES string of the molecule is CN(C)C(=O)c1ccc([C@H]2CN(c3nc(-c4ccncc4F)cc(=O)n3C)CCO2)cc1. The lowest BCUT2D eigenvalue weighted by molar-refractivity contribution is 0.0389. The van der Waals surface area contributed by atoms with Crippen LogP contribution in [0.1, 0.15) is 22.0 Å². The molecule has 2 aromatic heterocycles. The number of carbonyl (C=O) groups excluding carboxylic acids is 1. The molecule has 0 saturated carbocycles. The molecule has 32 heavy (non-hydrogen) atoms. The molecule has 1 fully saturated rings. The summed E-state index contributed by atoms with van der Waals surface area (Å²) in [7, 11) is 5.06. The molecule has 3 heterocycles. The van der Waals surface area contributed by atoms with Crippen LogP contribution in [-0.4, -0.2) is 59.1 Å². The van der Waals surface area contributed by atoms with Crippen LogP contribution in [0.25, 0.3) is 11.3 Å². The molecule has 0 spiro atoms. The van der Waals surface area contributed by atoms with Gasteiger partial charge in [-0.15, -0.1) is 0 Å². The van der Waals surface area contributed by atoms with E-state index in [4.69, 9.17) is 4.74 Å². The van der Waals surface area contributed by atoms with E-state index >= 15 is 0 Å². The molecule has 1 saturated heterocycles. The second kappa shape index (κ2) is 8.88. The van der Waals surface area contributed by atoms with Gasteiger partial charge in [-0.25, -0.2) is 9.37 Å². The molecule has 1 aliphatic heterocycles. The Kier molecular flexibility index (Phi) is 6.00. The van der Waals surface area contributed by atoms with Gasteiger partial charge in [-0.3, -0.25) is 19.1 Å². The zero-order chi connectivity index (χ0) is 22.8. The van der Waals surface area contributed by atoms with Gasteiger partial charge >= 0.3 is 0 Å². The van der Waals surface area contributed by atoms with E-state index in [2.05, 4.69) is 9.97 Å². The fourth-order valence-corrected chi connectivity index (χ4v) is 3.66. The summed E-state index contributed by atoms with van der Waals surface area (Å²) < 4.78 is 21.6. The zero-order valence-corrected chi connectivity index (χ0v) is 18.2. The number of pyridine rings is 1. The molecule has 0 unspecified atom stereocenters. The highest BCUT2D eigenvalue weighted by atomic mass is 19.1. The maximum atomic E-state index is 14.2. The van der Waals surface area contributed by atoms with Crippen molar-refractivity contribution in [3.63, 3.8) is 0 Å². The maximum absolute atomic E-state index is 14.2. The summed E-state index contributed by atoms with van der Waals surface area (Å²) in [5, 5.41) is 0. The molecule has 1 aromatic carbocycles. The van der Waals surface area contributed by atoms with Crippen molar-refractivity contribution in [1.29, 1.82) is 0 Å². The van der Waals surface area contributed by atoms with Gasteiger partial charge in [-0.2, -0.15) is 0 Å². The molecule has 8 nitrogen and oxygen atoms in total. The maximum Gasteiger partial charge on any atom is 0.255 e. The third kappa shape index (κ3) is 4.24. The van der Waals surface area contributed by atoms with Crippen LogP contribution in [0, 0.1) is 5.82 Å². The average Bonchev–Trinajstić information content (AvgIpc) is 2.81. The van der Waals surface area contributed by atoms with Crippen molar-refractivity contribution in [2.75, 3.05) is 38.7 Å². The van der Waals surface area contributed by atoms with Crippen molar-refractivity contribution in [2.24, 2.45) is 7.05 Å². The summed E-state index contributed by atoms with van der Waals surface area (Å²) in [4.78, 5) is 36.5. The number of aromatic nitrogens is 3. The highest BCUT2D eigenvalue weighted by Crippen LogP contribution is 2.27. The quantitative estimate of drug-likeness (QED) is 0.623. The summed E-state index contributed by atoms with van der Waals surface area (Å²) in [6.07, 6.45) is 2.31. The monoisotopic (exact) mass is 437 g/mol. The van der Waals surface area contributed by atoms with E-state index in [-0.39, 0.29) is 28.8 Å². The van der Waals surface area contributed by atoms with Gasteiger partial charge in [0.1, 0.15) is 6.10 Å². The average molecular weight is 437 g/mol. The normalized spacial score (nSPS) is 16.1. The van der Waals surface area contributed by atoms with Crippen LogP contribution in [0.15, 0.2) is 53.6 Å². The lowest BCUT2D eigenvalue weighted by Crippen LogP contribution is -2.41. The van der Waals surface area contributed by atoms with Gasteiger partial charge in [0, 0.05) is 51.1 Å². The number of ether oxygens (including phenoxy) is 1. The van der Waals surface area contributed by atoms with Gasteiger partial charge in [0.15, 0.2) is 5.82 Å².